The molecule has 0 radical (unpaired) electrons. The Labute approximate surface area is 133 Å². The number of ether oxygens (including phenoxy) is 3. The summed E-state index contributed by atoms with van der Waals surface area (Å²) in [6.07, 6.45) is 7.44. The molecule has 1 aliphatic rings. The van der Waals surface area contributed by atoms with Crippen molar-refractivity contribution in [1.82, 2.24) is 0 Å². The summed E-state index contributed by atoms with van der Waals surface area (Å²) in [5.74, 6) is 0.623. The highest BCUT2D eigenvalue weighted by atomic mass is 16.7. The van der Waals surface area contributed by atoms with Crippen molar-refractivity contribution in [1.29, 1.82) is 0 Å². The average molecular weight is 308 g/mol. The third-order valence-corrected chi connectivity index (χ3v) is 3.91. The van der Waals surface area contributed by atoms with Gasteiger partial charge in [0, 0.05) is 6.92 Å². The number of unbranched alkanes of at least 4 members (excludes halogenated alkanes) is 5. The zero-order valence-electron chi connectivity index (χ0n) is 13.8. The molecule has 0 bridgehead atoms. The average Bonchev–Trinajstić information content (AvgIpc) is 2.53. The molecule has 0 saturated heterocycles. The fraction of sp³-hybridized carbons (Fsp3) is 0.667. The molecular formula is C18H28O4. The van der Waals surface area contributed by atoms with Crippen molar-refractivity contribution in [2.75, 3.05) is 13.2 Å². The highest BCUT2D eigenvalue weighted by Gasteiger charge is 2.34. The highest BCUT2D eigenvalue weighted by molar-refractivity contribution is 5.44. The van der Waals surface area contributed by atoms with Crippen LogP contribution in [0.4, 0.5) is 0 Å². The fourth-order valence-corrected chi connectivity index (χ4v) is 2.56. The summed E-state index contributed by atoms with van der Waals surface area (Å²) in [6.45, 7) is 5.20. The van der Waals surface area contributed by atoms with Crippen LogP contribution in [0.3, 0.4) is 0 Å². The van der Waals surface area contributed by atoms with Gasteiger partial charge in [-0.3, -0.25) is 0 Å². The van der Waals surface area contributed by atoms with E-state index in [1.807, 2.05) is 25.1 Å². The Hall–Kier alpha value is -1.26. The molecule has 0 aromatic heterocycles. The van der Waals surface area contributed by atoms with Crippen molar-refractivity contribution in [3.8, 4) is 11.5 Å². The Morgan fingerprint density at radius 3 is 2.68 bits per heavy atom. The van der Waals surface area contributed by atoms with Crippen molar-refractivity contribution >= 4 is 0 Å². The molecule has 4 heteroatoms. The molecule has 4 nitrogen and oxygen atoms in total. The Morgan fingerprint density at radius 1 is 1.14 bits per heavy atom. The van der Waals surface area contributed by atoms with E-state index in [9.17, 15) is 0 Å². The monoisotopic (exact) mass is 308 g/mol. The van der Waals surface area contributed by atoms with Crippen LogP contribution in [0, 0.1) is 0 Å². The van der Waals surface area contributed by atoms with Crippen LogP contribution in [0.1, 0.15) is 57.9 Å². The first-order valence-electron chi connectivity index (χ1n) is 8.36. The van der Waals surface area contributed by atoms with Crippen LogP contribution >= 0.6 is 0 Å². The first-order chi connectivity index (χ1) is 10.7. The lowest BCUT2D eigenvalue weighted by Gasteiger charge is -2.35. The molecule has 2 rings (SSSR count). The minimum atomic E-state index is -0.725. The maximum Gasteiger partial charge on any atom is 0.242 e. The zero-order valence-corrected chi connectivity index (χ0v) is 13.8. The predicted octanol–water partition coefficient (Wildman–Crippen LogP) is 4.04. The largest absolute Gasteiger partial charge is 0.483 e. The molecule has 0 saturated carbocycles. The van der Waals surface area contributed by atoms with Gasteiger partial charge in [0.25, 0.3) is 0 Å². The summed E-state index contributed by atoms with van der Waals surface area (Å²) in [5.41, 5.74) is 0.818. The summed E-state index contributed by atoms with van der Waals surface area (Å²) in [5, 5.41) is 9.14. The first-order valence-corrected chi connectivity index (χ1v) is 8.36. The van der Waals surface area contributed by atoms with E-state index in [0.29, 0.717) is 24.7 Å². The highest BCUT2D eigenvalue weighted by Crippen LogP contribution is 2.36. The second-order valence-corrected chi connectivity index (χ2v) is 6.08. The summed E-state index contributed by atoms with van der Waals surface area (Å²) in [4.78, 5) is 0. The third kappa shape index (κ3) is 4.89. The number of hydrogen-bond donors (Lipinski definition) is 1. The molecule has 0 fully saturated rings. The molecule has 0 aliphatic carbocycles. The van der Waals surface area contributed by atoms with Crippen molar-refractivity contribution in [3.05, 3.63) is 23.8 Å². The topological polar surface area (TPSA) is 47.9 Å². The lowest BCUT2D eigenvalue weighted by atomic mass is 10.1. The van der Waals surface area contributed by atoms with Crippen LogP contribution in [-0.4, -0.2) is 24.1 Å². The van der Waals surface area contributed by atoms with Gasteiger partial charge in [0.15, 0.2) is 18.1 Å². The van der Waals surface area contributed by atoms with Crippen LogP contribution in [0.5, 0.6) is 11.5 Å². The fourth-order valence-electron chi connectivity index (χ4n) is 2.56. The molecule has 1 aromatic carbocycles. The quantitative estimate of drug-likeness (QED) is 0.699. The molecule has 22 heavy (non-hydrogen) atoms. The molecule has 0 spiro atoms. The molecule has 1 unspecified atom stereocenters. The van der Waals surface area contributed by atoms with Crippen molar-refractivity contribution < 1.29 is 19.3 Å². The maximum absolute atomic E-state index is 9.14. The van der Waals surface area contributed by atoms with E-state index in [-0.39, 0.29) is 6.61 Å². The van der Waals surface area contributed by atoms with Gasteiger partial charge in [0.2, 0.25) is 5.79 Å². The molecule has 0 amide bonds. The van der Waals surface area contributed by atoms with E-state index in [0.717, 1.165) is 12.0 Å². The van der Waals surface area contributed by atoms with E-state index in [2.05, 4.69) is 6.92 Å². The van der Waals surface area contributed by atoms with Gasteiger partial charge in [-0.1, -0.05) is 45.1 Å². The smallest absolute Gasteiger partial charge is 0.242 e. The standard InChI is InChI=1S/C18H28O4/c1-3-4-5-6-7-8-11-21-18(2)14-20-17-12-15(13-19)9-10-16(17)22-18/h9-10,12,19H,3-8,11,13-14H2,1-2H3. The van der Waals surface area contributed by atoms with E-state index in [1.54, 1.807) is 0 Å². The summed E-state index contributed by atoms with van der Waals surface area (Å²) < 4.78 is 17.6. The minimum Gasteiger partial charge on any atom is -0.483 e. The molecule has 1 N–H and O–H groups in total. The second kappa shape index (κ2) is 8.39. The van der Waals surface area contributed by atoms with Crippen molar-refractivity contribution in [2.24, 2.45) is 0 Å². The van der Waals surface area contributed by atoms with Gasteiger partial charge >= 0.3 is 0 Å². The summed E-state index contributed by atoms with van der Waals surface area (Å²) in [6, 6.07) is 5.47. The summed E-state index contributed by atoms with van der Waals surface area (Å²) in [7, 11) is 0. The Morgan fingerprint density at radius 2 is 1.91 bits per heavy atom. The first kappa shape index (κ1) is 17.1. The second-order valence-electron chi connectivity index (χ2n) is 6.08. The van der Waals surface area contributed by atoms with Gasteiger partial charge in [0.1, 0.15) is 0 Å². The minimum absolute atomic E-state index is 0.00242. The molecule has 1 atom stereocenters. The molecule has 1 aromatic rings. The molecule has 1 heterocycles. The van der Waals surface area contributed by atoms with Crippen LogP contribution in [0.2, 0.25) is 0 Å². The Kier molecular flexibility index (Phi) is 6.52. The van der Waals surface area contributed by atoms with Crippen LogP contribution < -0.4 is 9.47 Å². The third-order valence-electron chi connectivity index (χ3n) is 3.91. The van der Waals surface area contributed by atoms with Gasteiger partial charge in [-0.25, -0.2) is 0 Å². The van der Waals surface area contributed by atoms with Crippen molar-refractivity contribution in [2.45, 2.75) is 64.8 Å². The molecule has 124 valence electrons. The van der Waals surface area contributed by atoms with Crippen LogP contribution in [0.15, 0.2) is 18.2 Å². The number of aliphatic hydroxyl groups is 1. The lowest BCUT2D eigenvalue weighted by molar-refractivity contribution is -0.200. The Bertz CT molecular complexity index is 460. The number of rotatable bonds is 9. The van der Waals surface area contributed by atoms with Gasteiger partial charge in [-0.2, -0.15) is 0 Å². The van der Waals surface area contributed by atoms with Gasteiger partial charge < -0.3 is 19.3 Å². The van der Waals surface area contributed by atoms with E-state index >= 15 is 0 Å². The normalized spacial score (nSPS) is 20.1. The van der Waals surface area contributed by atoms with E-state index in [4.69, 9.17) is 19.3 Å². The predicted molar refractivity (Wildman–Crippen MR) is 86.2 cm³/mol. The summed E-state index contributed by atoms with van der Waals surface area (Å²) >= 11 is 0. The zero-order chi connectivity index (χ0) is 15.8. The van der Waals surface area contributed by atoms with Crippen LogP contribution in [0.25, 0.3) is 0 Å². The van der Waals surface area contributed by atoms with Crippen molar-refractivity contribution in [3.63, 3.8) is 0 Å². The van der Waals surface area contributed by atoms with E-state index < -0.39 is 5.79 Å². The van der Waals surface area contributed by atoms with Gasteiger partial charge in [0.05, 0.1) is 13.2 Å². The number of aliphatic hydroxyl groups excluding tert-OH is 1. The molecule has 1 aliphatic heterocycles. The van der Waals surface area contributed by atoms with E-state index in [1.165, 1.54) is 32.1 Å². The van der Waals surface area contributed by atoms with Crippen LogP contribution in [-0.2, 0) is 11.3 Å². The SMILES string of the molecule is CCCCCCCCOC1(C)COc2cc(CO)ccc2O1. The van der Waals surface area contributed by atoms with Gasteiger partial charge in [-0.05, 0) is 24.1 Å². The number of benzene rings is 1. The Balaban J connectivity index is 1.75. The maximum atomic E-state index is 9.14. The molecular weight excluding hydrogens is 280 g/mol. The number of hydrogen-bond acceptors (Lipinski definition) is 4. The van der Waals surface area contributed by atoms with Gasteiger partial charge in [-0.15, -0.1) is 0 Å². The lowest BCUT2D eigenvalue weighted by Crippen LogP contribution is -2.44. The number of fused-ring (bicyclic) bond motifs is 1.